The van der Waals surface area contributed by atoms with Crippen molar-refractivity contribution in [1.29, 1.82) is 0 Å². The predicted octanol–water partition coefficient (Wildman–Crippen LogP) is 3.93. The molecule has 0 fully saturated rings. The van der Waals surface area contributed by atoms with Gasteiger partial charge in [0.05, 0.1) is 6.10 Å². The van der Waals surface area contributed by atoms with Gasteiger partial charge < -0.3 is 19.4 Å². The Labute approximate surface area is 135 Å². The van der Waals surface area contributed by atoms with E-state index in [4.69, 9.17) is 4.52 Å². The van der Waals surface area contributed by atoms with Crippen LogP contribution in [0.3, 0.4) is 0 Å². The van der Waals surface area contributed by atoms with Crippen molar-refractivity contribution in [2.45, 2.75) is 64.9 Å². The fourth-order valence-corrected chi connectivity index (χ4v) is 2.90. The quantitative estimate of drug-likeness (QED) is 0.716. The van der Waals surface area contributed by atoms with Gasteiger partial charge in [-0.05, 0) is 27.5 Å². The molecule has 4 nitrogen and oxygen atoms in total. The zero-order chi connectivity index (χ0) is 17.1. The molecule has 0 saturated heterocycles. The maximum Gasteiger partial charge on any atom is 0.327 e. The topological polar surface area (TPSA) is 69.9 Å². The van der Waals surface area contributed by atoms with Crippen molar-refractivity contribution in [2.75, 3.05) is 6.61 Å². The lowest BCUT2D eigenvalue weighted by molar-refractivity contribution is 0.135. The van der Waals surface area contributed by atoms with E-state index in [2.05, 4.69) is 53.7 Å². The Morgan fingerprint density at radius 3 is 2.05 bits per heavy atom. The van der Waals surface area contributed by atoms with E-state index in [0.29, 0.717) is 6.42 Å². The molecule has 1 aromatic rings. The number of aliphatic hydroxyl groups is 1. The average molecular weight is 328 g/mol. The second-order valence-corrected chi connectivity index (χ2v) is 8.38. The molecule has 0 aliphatic heterocycles. The second kappa shape index (κ2) is 7.37. The molecule has 0 amide bonds. The molecule has 0 saturated carbocycles. The maximum absolute atomic E-state index is 9.25. The Morgan fingerprint density at radius 2 is 1.64 bits per heavy atom. The van der Waals surface area contributed by atoms with E-state index in [9.17, 15) is 14.9 Å². The normalized spacial score (nSPS) is 14.5. The van der Waals surface area contributed by atoms with Gasteiger partial charge in [-0.1, -0.05) is 59.7 Å². The molecule has 22 heavy (non-hydrogen) atoms. The number of rotatable bonds is 5. The van der Waals surface area contributed by atoms with Crippen LogP contribution in [0.2, 0.25) is 0 Å². The van der Waals surface area contributed by atoms with Crippen molar-refractivity contribution >= 4 is 8.60 Å². The number of benzene rings is 1. The molecule has 3 N–H and O–H groups in total. The molecule has 0 spiro atoms. The van der Waals surface area contributed by atoms with Crippen molar-refractivity contribution in [3.63, 3.8) is 0 Å². The highest BCUT2D eigenvalue weighted by Crippen LogP contribution is 2.41. The minimum Gasteiger partial charge on any atom is -0.396 e. The van der Waals surface area contributed by atoms with Crippen LogP contribution in [-0.4, -0.2) is 21.5 Å². The highest BCUT2D eigenvalue weighted by Gasteiger charge is 2.27. The van der Waals surface area contributed by atoms with Gasteiger partial charge in [0.15, 0.2) is 0 Å². The van der Waals surface area contributed by atoms with Gasteiger partial charge in [-0.25, -0.2) is 0 Å². The first-order valence-corrected chi connectivity index (χ1v) is 8.73. The van der Waals surface area contributed by atoms with Gasteiger partial charge in [0.1, 0.15) is 0 Å². The van der Waals surface area contributed by atoms with Gasteiger partial charge in [-0.3, -0.25) is 0 Å². The zero-order valence-corrected chi connectivity index (χ0v) is 15.3. The average Bonchev–Trinajstić information content (AvgIpc) is 2.35. The summed E-state index contributed by atoms with van der Waals surface area (Å²) in [6.45, 7) is 12.8. The lowest BCUT2D eigenvalue weighted by Gasteiger charge is -2.30. The molecule has 0 bridgehead atoms. The highest BCUT2D eigenvalue weighted by atomic mass is 31.2. The Kier molecular flexibility index (Phi) is 6.55. The molecule has 0 aliphatic rings. The summed E-state index contributed by atoms with van der Waals surface area (Å²) in [6, 6.07) is 6.20. The number of aliphatic hydroxyl groups excluding tert-OH is 1. The van der Waals surface area contributed by atoms with Gasteiger partial charge in [0.2, 0.25) is 0 Å². The highest BCUT2D eigenvalue weighted by molar-refractivity contribution is 7.39. The Hall–Kier alpha value is -0.510. The van der Waals surface area contributed by atoms with E-state index >= 15 is 0 Å². The largest absolute Gasteiger partial charge is 0.396 e. The van der Waals surface area contributed by atoms with Crippen molar-refractivity contribution in [3.8, 4) is 0 Å². The van der Waals surface area contributed by atoms with E-state index in [1.54, 1.807) is 0 Å². The van der Waals surface area contributed by atoms with Crippen LogP contribution in [-0.2, 0) is 15.4 Å². The molecule has 0 aliphatic carbocycles. The summed E-state index contributed by atoms with van der Waals surface area (Å²) in [7, 11) is -2.46. The van der Waals surface area contributed by atoms with Gasteiger partial charge in [0, 0.05) is 13.0 Å². The minimum atomic E-state index is -2.46. The lowest BCUT2D eigenvalue weighted by Crippen LogP contribution is -2.20. The van der Waals surface area contributed by atoms with E-state index in [1.807, 2.05) is 6.07 Å². The van der Waals surface area contributed by atoms with Crippen molar-refractivity contribution < 1.29 is 19.4 Å². The molecule has 1 atom stereocenters. The summed E-state index contributed by atoms with van der Waals surface area (Å²) in [6.07, 6.45) is -0.188. The summed E-state index contributed by atoms with van der Waals surface area (Å²) < 4.78 is 5.25. The SMILES string of the molecule is CC(C)(C)c1ccc(C(CCO)OP(O)O)c(C(C)(C)C)c1. The monoisotopic (exact) mass is 328 g/mol. The minimum absolute atomic E-state index is 0.0342. The van der Waals surface area contributed by atoms with E-state index in [-0.39, 0.29) is 17.4 Å². The molecular weight excluding hydrogens is 299 g/mol. The third kappa shape index (κ3) is 5.29. The van der Waals surface area contributed by atoms with Crippen molar-refractivity contribution in [2.24, 2.45) is 0 Å². The molecular formula is C17H29O4P. The first-order chi connectivity index (χ1) is 9.96. The van der Waals surface area contributed by atoms with Crippen LogP contribution in [0.15, 0.2) is 18.2 Å². The molecule has 1 unspecified atom stereocenters. The summed E-state index contributed by atoms with van der Waals surface area (Å²) in [4.78, 5) is 18.4. The maximum atomic E-state index is 9.25. The standard InChI is InChI=1S/C17H29O4P/c1-16(2,3)12-7-8-13(14(11-12)17(4,5)6)15(9-10-18)21-22(19)20/h7-8,11,15,18-20H,9-10H2,1-6H3. The van der Waals surface area contributed by atoms with Crippen LogP contribution in [0.4, 0.5) is 0 Å². The Bertz CT molecular complexity index is 486. The molecule has 0 aromatic heterocycles. The Morgan fingerprint density at radius 1 is 1.05 bits per heavy atom. The van der Waals surface area contributed by atoms with Crippen molar-refractivity contribution in [3.05, 3.63) is 34.9 Å². The molecule has 5 heteroatoms. The molecule has 0 heterocycles. The smallest absolute Gasteiger partial charge is 0.327 e. The molecule has 1 rings (SSSR count). The zero-order valence-electron chi connectivity index (χ0n) is 14.4. The van der Waals surface area contributed by atoms with Gasteiger partial charge >= 0.3 is 8.60 Å². The van der Waals surface area contributed by atoms with Crippen LogP contribution in [0.25, 0.3) is 0 Å². The van der Waals surface area contributed by atoms with Gasteiger partial charge in [-0.2, -0.15) is 0 Å². The number of hydrogen-bond acceptors (Lipinski definition) is 4. The van der Waals surface area contributed by atoms with E-state index in [0.717, 1.165) is 11.1 Å². The summed E-state index contributed by atoms with van der Waals surface area (Å²) in [5.41, 5.74) is 3.16. The summed E-state index contributed by atoms with van der Waals surface area (Å²) >= 11 is 0. The second-order valence-electron chi connectivity index (χ2n) is 7.66. The predicted molar refractivity (Wildman–Crippen MR) is 90.7 cm³/mol. The van der Waals surface area contributed by atoms with Gasteiger partial charge in [-0.15, -0.1) is 0 Å². The first kappa shape index (κ1) is 19.5. The fourth-order valence-electron chi connectivity index (χ4n) is 2.45. The lowest BCUT2D eigenvalue weighted by atomic mass is 9.77. The van der Waals surface area contributed by atoms with E-state index in [1.165, 1.54) is 5.56 Å². The van der Waals surface area contributed by atoms with Crippen molar-refractivity contribution in [1.82, 2.24) is 0 Å². The molecule has 1 aromatic carbocycles. The summed E-state index contributed by atoms with van der Waals surface area (Å²) in [5, 5.41) is 9.25. The Balaban J connectivity index is 3.38. The van der Waals surface area contributed by atoms with Crippen LogP contribution in [0, 0.1) is 0 Å². The van der Waals surface area contributed by atoms with Gasteiger partial charge in [0.25, 0.3) is 0 Å². The van der Waals surface area contributed by atoms with Crippen LogP contribution in [0.5, 0.6) is 0 Å². The molecule has 0 radical (unpaired) electrons. The third-order valence-corrected chi connectivity index (χ3v) is 4.13. The first-order valence-electron chi connectivity index (χ1n) is 7.57. The van der Waals surface area contributed by atoms with Crippen LogP contribution >= 0.6 is 8.60 Å². The third-order valence-electron chi connectivity index (χ3n) is 3.69. The number of hydrogen-bond donors (Lipinski definition) is 3. The van der Waals surface area contributed by atoms with Crippen LogP contribution in [0.1, 0.15) is 70.8 Å². The van der Waals surface area contributed by atoms with Crippen LogP contribution < -0.4 is 0 Å². The molecule has 126 valence electrons. The van der Waals surface area contributed by atoms with E-state index < -0.39 is 14.7 Å². The fraction of sp³-hybridized carbons (Fsp3) is 0.647. The summed E-state index contributed by atoms with van der Waals surface area (Å²) in [5.74, 6) is 0.